The molecule has 1 unspecified atom stereocenters. The highest BCUT2D eigenvalue weighted by Gasteiger charge is 2.20. The van der Waals surface area contributed by atoms with Gasteiger partial charge in [-0.3, -0.25) is 0 Å². The zero-order chi connectivity index (χ0) is 14.9. The molecule has 1 N–H and O–H groups in total. The predicted molar refractivity (Wildman–Crippen MR) is 90.4 cm³/mol. The molecule has 0 aromatic heterocycles. The van der Waals surface area contributed by atoms with Crippen molar-refractivity contribution in [2.75, 3.05) is 7.11 Å². The number of rotatable bonds is 3. The fourth-order valence-corrected chi connectivity index (χ4v) is 3.15. The zero-order valence-corrected chi connectivity index (χ0v) is 14.4. The van der Waals surface area contributed by atoms with Gasteiger partial charge < -0.3 is 9.84 Å². The number of aryl methyl sites for hydroxylation is 3. The zero-order valence-electron chi connectivity index (χ0n) is 12.2. The second-order valence-electron chi connectivity index (χ2n) is 5.08. The summed E-state index contributed by atoms with van der Waals surface area (Å²) in [5.74, 6) is 0.743. The summed E-state index contributed by atoms with van der Waals surface area (Å²) < 4.78 is 6.55. The molecule has 2 nitrogen and oxygen atoms in total. The van der Waals surface area contributed by atoms with Crippen molar-refractivity contribution in [2.45, 2.75) is 26.9 Å². The number of halogens is 1. The molecule has 0 saturated carbocycles. The summed E-state index contributed by atoms with van der Waals surface area (Å²) in [5, 5.41) is 10.8. The van der Waals surface area contributed by atoms with Crippen LogP contribution in [0.4, 0.5) is 0 Å². The van der Waals surface area contributed by atoms with Crippen molar-refractivity contribution in [2.24, 2.45) is 0 Å². The van der Waals surface area contributed by atoms with Crippen LogP contribution in [-0.4, -0.2) is 12.2 Å². The molecule has 0 aliphatic heterocycles. The van der Waals surface area contributed by atoms with Crippen LogP contribution in [-0.2, 0) is 0 Å². The van der Waals surface area contributed by atoms with Gasteiger partial charge >= 0.3 is 0 Å². The van der Waals surface area contributed by atoms with Crippen LogP contribution >= 0.6 is 22.6 Å². The molecule has 3 heteroatoms. The van der Waals surface area contributed by atoms with Gasteiger partial charge in [0.2, 0.25) is 0 Å². The van der Waals surface area contributed by atoms with Gasteiger partial charge in [0.25, 0.3) is 0 Å². The average Bonchev–Trinajstić information content (AvgIpc) is 2.40. The molecule has 20 heavy (non-hydrogen) atoms. The third kappa shape index (κ3) is 2.83. The molecule has 0 amide bonds. The van der Waals surface area contributed by atoms with Crippen LogP contribution < -0.4 is 4.74 Å². The van der Waals surface area contributed by atoms with Gasteiger partial charge in [-0.05, 0) is 71.7 Å². The smallest absolute Gasteiger partial charge is 0.125 e. The van der Waals surface area contributed by atoms with E-state index in [4.69, 9.17) is 4.74 Å². The average molecular weight is 382 g/mol. The van der Waals surface area contributed by atoms with Crippen LogP contribution in [0.5, 0.6) is 5.75 Å². The first kappa shape index (κ1) is 15.3. The summed E-state index contributed by atoms with van der Waals surface area (Å²) in [6.45, 7) is 6.09. The van der Waals surface area contributed by atoms with E-state index in [-0.39, 0.29) is 0 Å². The molecule has 0 bridgehead atoms. The summed E-state index contributed by atoms with van der Waals surface area (Å²) in [5.41, 5.74) is 5.13. The number of methoxy groups -OCH3 is 1. The van der Waals surface area contributed by atoms with Crippen LogP contribution in [0.25, 0.3) is 0 Å². The van der Waals surface area contributed by atoms with Crippen molar-refractivity contribution >= 4 is 22.6 Å². The quantitative estimate of drug-likeness (QED) is 0.802. The predicted octanol–water partition coefficient (Wildman–Crippen LogP) is 4.31. The minimum Gasteiger partial charge on any atom is -0.496 e. The van der Waals surface area contributed by atoms with E-state index in [9.17, 15) is 5.11 Å². The van der Waals surface area contributed by atoms with Crippen LogP contribution in [0.1, 0.15) is 33.9 Å². The van der Waals surface area contributed by atoms with Gasteiger partial charge in [-0.25, -0.2) is 0 Å². The van der Waals surface area contributed by atoms with Gasteiger partial charge in [-0.2, -0.15) is 0 Å². The molecule has 2 rings (SSSR count). The topological polar surface area (TPSA) is 29.5 Å². The summed E-state index contributed by atoms with van der Waals surface area (Å²) in [7, 11) is 1.64. The summed E-state index contributed by atoms with van der Waals surface area (Å²) in [4.78, 5) is 0. The molecule has 0 aliphatic carbocycles. The first-order chi connectivity index (χ1) is 9.45. The van der Waals surface area contributed by atoms with Gasteiger partial charge in [-0.15, -0.1) is 0 Å². The van der Waals surface area contributed by atoms with Gasteiger partial charge in [0.05, 0.1) is 7.11 Å². The highest BCUT2D eigenvalue weighted by molar-refractivity contribution is 14.1. The number of aliphatic hydroxyl groups is 1. The van der Waals surface area contributed by atoms with E-state index in [0.717, 1.165) is 31.6 Å². The third-order valence-corrected chi connectivity index (χ3v) is 4.98. The number of ether oxygens (including phenoxy) is 1. The van der Waals surface area contributed by atoms with Crippen molar-refractivity contribution in [1.82, 2.24) is 0 Å². The van der Waals surface area contributed by atoms with Crippen molar-refractivity contribution in [3.63, 3.8) is 0 Å². The van der Waals surface area contributed by atoms with Gasteiger partial charge in [-0.1, -0.05) is 24.3 Å². The van der Waals surface area contributed by atoms with E-state index in [0.29, 0.717) is 0 Å². The number of hydrogen-bond donors (Lipinski definition) is 1. The molecular weight excluding hydrogens is 363 g/mol. The summed E-state index contributed by atoms with van der Waals surface area (Å²) >= 11 is 2.29. The summed E-state index contributed by atoms with van der Waals surface area (Å²) in [6, 6.07) is 10.0. The molecule has 2 aromatic rings. The monoisotopic (exact) mass is 382 g/mol. The Kier molecular flexibility index (Phi) is 4.70. The molecule has 0 heterocycles. The lowest BCUT2D eigenvalue weighted by molar-refractivity contribution is 0.213. The van der Waals surface area contributed by atoms with E-state index in [2.05, 4.69) is 41.6 Å². The van der Waals surface area contributed by atoms with Gasteiger partial charge in [0.15, 0.2) is 0 Å². The van der Waals surface area contributed by atoms with Crippen molar-refractivity contribution in [3.8, 4) is 5.75 Å². The Hall–Kier alpha value is -1.07. The SMILES string of the molecule is COc1cc(C)cc(C)c1C(O)c1cccc(C)c1I. The summed E-state index contributed by atoms with van der Waals surface area (Å²) in [6.07, 6.45) is -0.669. The largest absolute Gasteiger partial charge is 0.496 e. The maximum Gasteiger partial charge on any atom is 0.125 e. The fourth-order valence-electron chi connectivity index (χ4n) is 2.50. The van der Waals surface area contributed by atoms with Crippen LogP contribution in [0, 0.1) is 24.3 Å². The van der Waals surface area contributed by atoms with Crippen LogP contribution in [0.3, 0.4) is 0 Å². The molecule has 0 radical (unpaired) electrons. The molecule has 1 atom stereocenters. The van der Waals surface area contributed by atoms with Crippen molar-refractivity contribution < 1.29 is 9.84 Å². The van der Waals surface area contributed by atoms with Gasteiger partial charge in [0.1, 0.15) is 11.9 Å². The molecule has 0 saturated heterocycles. The minimum atomic E-state index is -0.669. The van der Waals surface area contributed by atoms with Crippen molar-refractivity contribution in [3.05, 3.63) is 61.7 Å². The number of hydrogen-bond acceptors (Lipinski definition) is 2. The van der Waals surface area contributed by atoms with Crippen LogP contribution in [0.15, 0.2) is 30.3 Å². The lowest BCUT2D eigenvalue weighted by Gasteiger charge is -2.20. The highest BCUT2D eigenvalue weighted by Crippen LogP contribution is 2.36. The molecule has 106 valence electrons. The Morgan fingerprint density at radius 1 is 1.10 bits per heavy atom. The normalized spacial score (nSPS) is 12.3. The first-order valence-electron chi connectivity index (χ1n) is 6.54. The Morgan fingerprint density at radius 3 is 2.45 bits per heavy atom. The van der Waals surface area contributed by atoms with E-state index in [1.165, 1.54) is 5.56 Å². The third-order valence-electron chi connectivity index (χ3n) is 3.50. The second kappa shape index (κ2) is 6.14. The van der Waals surface area contributed by atoms with Crippen molar-refractivity contribution in [1.29, 1.82) is 0 Å². The number of benzene rings is 2. The first-order valence-corrected chi connectivity index (χ1v) is 7.61. The minimum absolute atomic E-state index is 0.669. The molecule has 2 aromatic carbocycles. The standard InChI is InChI=1S/C17H19IO2/c1-10-8-12(3)15(14(9-10)20-4)17(19)13-7-5-6-11(2)16(13)18/h5-9,17,19H,1-4H3. The van der Waals surface area contributed by atoms with Crippen LogP contribution in [0.2, 0.25) is 0 Å². The molecular formula is C17H19IO2. The van der Waals surface area contributed by atoms with E-state index >= 15 is 0 Å². The Morgan fingerprint density at radius 2 is 1.80 bits per heavy atom. The van der Waals surface area contributed by atoms with Gasteiger partial charge in [0, 0.05) is 9.13 Å². The maximum atomic E-state index is 10.8. The molecule has 0 fully saturated rings. The molecule has 0 spiro atoms. The second-order valence-corrected chi connectivity index (χ2v) is 6.16. The Bertz CT molecular complexity index is 635. The highest BCUT2D eigenvalue weighted by atomic mass is 127. The lowest BCUT2D eigenvalue weighted by Crippen LogP contribution is -2.07. The fraction of sp³-hybridized carbons (Fsp3) is 0.294. The Labute approximate surface area is 133 Å². The molecule has 0 aliphatic rings. The Balaban J connectivity index is 2.59. The number of aliphatic hydroxyl groups excluding tert-OH is 1. The lowest BCUT2D eigenvalue weighted by atomic mass is 9.94. The van der Waals surface area contributed by atoms with E-state index in [1.807, 2.05) is 32.0 Å². The van der Waals surface area contributed by atoms with E-state index in [1.54, 1.807) is 7.11 Å². The maximum absolute atomic E-state index is 10.8. The van der Waals surface area contributed by atoms with E-state index < -0.39 is 6.10 Å².